The molecular formula is C18H24N4O. The van der Waals surface area contributed by atoms with Gasteiger partial charge in [0.15, 0.2) is 0 Å². The molecule has 0 aliphatic heterocycles. The smallest absolute Gasteiger partial charge is 0.234 e. The summed E-state index contributed by atoms with van der Waals surface area (Å²) in [6.07, 6.45) is 6.24. The fourth-order valence-corrected chi connectivity index (χ4v) is 2.77. The number of hydrogen-bond donors (Lipinski definition) is 2. The molecule has 0 unspecified atom stereocenters. The minimum Gasteiger partial charge on any atom is -0.348 e. The molecule has 1 aliphatic carbocycles. The van der Waals surface area contributed by atoms with Crippen molar-refractivity contribution >= 4 is 5.91 Å². The number of aromatic nitrogens is 2. The number of nitrogens with zero attached hydrogens (tertiary/aromatic N) is 2. The van der Waals surface area contributed by atoms with Crippen molar-refractivity contribution in [3.63, 3.8) is 0 Å². The van der Waals surface area contributed by atoms with E-state index in [2.05, 4.69) is 27.9 Å². The van der Waals surface area contributed by atoms with E-state index in [0.29, 0.717) is 12.5 Å². The van der Waals surface area contributed by atoms with Gasteiger partial charge in [0.05, 0.1) is 25.3 Å². The molecule has 1 amide bonds. The summed E-state index contributed by atoms with van der Waals surface area (Å²) in [7, 11) is 0. The highest BCUT2D eigenvalue weighted by atomic mass is 16.2. The van der Waals surface area contributed by atoms with Gasteiger partial charge in [0.1, 0.15) is 0 Å². The number of aryl methyl sites for hydroxylation is 1. The molecule has 1 aromatic carbocycles. The van der Waals surface area contributed by atoms with Crippen LogP contribution >= 0.6 is 0 Å². The van der Waals surface area contributed by atoms with Crippen LogP contribution in [0.4, 0.5) is 0 Å². The fourth-order valence-electron chi connectivity index (χ4n) is 2.77. The van der Waals surface area contributed by atoms with E-state index < -0.39 is 0 Å². The van der Waals surface area contributed by atoms with Gasteiger partial charge in [-0.2, -0.15) is 5.10 Å². The van der Waals surface area contributed by atoms with Gasteiger partial charge in [-0.1, -0.05) is 30.3 Å². The van der Waals surface area contributed by atoms with Gasteiger partial charge in [-0.05, 0) is 36.8 Å². The number of amides is 1. The van der Waals surface area contributed by atoms with E-state index in [1.807, 2.05) is 42.2 Å². The van der Waals surface area contributed by atoms with Crippen LogP contribution in [0.2, 0.25) is 0 Å². The SMILES string of the molecule is Cc1cnn(CCNCC(=O)N[C@H](c2ccccc2)C2CC2)c1. The first-order chi connectivity index (χ1) is 11.2. The van der Waals surface area contributed by atoms with Crippen molar-refractivity contribution in [1.29, 1.82) is 0 Å². The van der Waals surface area contributed by atoms with Gasteiger partial charge >= 0.3 is 0 Å². The third kappa shape index (κ3) is 4.66. The Morgan fingerprint density at radius 2 is 2.13 bits per heavy atom. The maximum Gasteiger partial charge on any atom is 0.234 e. The second-order valence-corrected chi connectivity index (χ2v) is 6.25. The van der Waals surface area contributed by atoms with Crippen molar-refractivity contribution in [3.8, 4) is 0 Å². The number of carbonyl (C=O) groups excluding carboxylic acids is 1. The quantitative estimate of drug-likeness (QED) is 0.734. The molecule has 0 bridgehead atoms. The minimum absolute atomic E-state index is 0.0578. The Labute approximate surface area is 137 Å². The summed E-state index contributed by atoms with van der Waals surface area (Å²) in [5, 5.41) is 10.6. The van der Waals surface area contributed by atoms with Crippen LogP contribution in [0.25, 0.3) is 0 Å². The summed E-state index contributed by atoms with van der Waals surface area (Å²) in [5.41, 5.74) is 2.35. The van der Waals surface area contributed by atoms with Gasteiger partial charge in [-0.3, -0.25) is 9.48 Å². The van der Waals surface area contributed by atoms with Gasteiger partial charge in [0.25, 0.3) is 0 Å². The zero-order valence-corrected chi connectivity index (χ0v) is 13.5. The second kappa shape index (κ2) is 7.42. The number of rotatable bonds is 8. The van der Waals surface area contributed by atoms with Crippen LogP contribution < -0.4 is 10.6 Å². The van der Waals surface area contributed by atoms with E-state index in [9.17, 15) is 4.79 Å². The summed E-state index contributed by atoms with van der Waals surface area (Å²) < 4.78 is 1.89. The van der Waals surface area contributed by atoms with Gasteiger partial charge in [0, 0.05) is 12.7 Å². The highest BCUT2D eigenvalue weighted by molar-refractivity contribution is 5.78. The molecule has 1 aromatic heterocycles. The molecule has 1 atom stereocenters. The predicted octanol–water partition coefficient (Wildman–Crippen LogP) is 2.05. The monoisotopic (exact) mass is 312 g/mol. The van der Waals surface area contributed by atoms with Crippen molar-refractivity contribution in [3.05, 3.63) is 53.9 Å². The van der Waals surface area contributed by atoms with Crippen LogP contribution in [-0.2, 0) is 11.3 Å². The van der Waals surface area contributed by atoms with Crippen LogP contribution in [0.5, 0.6) is 0 Å². The molecule has 5 nitrogen and oxygen atoms in total. The van der Waals surface area contributed by atoms with Crippen molar-refractivity contribution in [2.45, 2.75) is 32.4 Å². The van der Waals surface area contributed by atoms with E-state index in [-0.39, 0.29) is 11.9 Å². The molecule has 2 aromatic rings. The lowest BCUT2D eigenvalue weighted by atomic mass is 10.0. The van der Waals surface area contributed by atoms with E-state index in [4.69, 9.17) is 0 Å². The lowest BCUT2D eigenvalue weighted by Gasteiger charge is -2.19. The van der Waals surface area contributed by atoms with Crippen LogP contribution in [0, 0.1) is 12.8 Å². The molecular weight excluding hydrogens is 288 g/mol. The third-order valence-electron chi connectivity index (χ3n) is 4.13. The van der Waals surface area contributed by atoms with E-state index in [0.717, 1.165) is 18.7 Å². The molecule has 1 fully saturated rings. The Morgan fingerprint density at radius 1 is 1.35 bits per heavy atom. The van der Waals surface area contributed by atoms with Crippen LogP contribution in [0.1, 0.15) is 30.0 Å². The Morgan fingerprint density at radius 3 is 2.78 bits per heavy atom. The van der Waals surface area contributed by atoms with Gasteiger partial charge in [-0.25, -0.2) is 0 Å². The number of benzene rings is 1. The lowest BCUT2D eigenvalue weighted by Crippen LogP contribution is -2.38. The molecule has 1 saturated carbocycles. The Hall–Kier alpha value is -2.14. The zero-order valence-electron chi connectivity index (χ0n) is 13.5. The van der Waals surface area contributed by atoms with Gasteiger partial charge in [0.2, 0.25) is 5.91 Å². The molecule has 0 saturated heterocycles. The lowest BCUT2D eigenvalue weighted by molar-refractivity contribution is -0.121. The highest BCUT2D eigenvalue weighted by Crippen LogP contribution is 2.40. The molecule has 3 rings (SSSR count). The van der Waals surface area contributed by atoms with E-state index >= 15 is 0 Å². The summed E-state index contributed by atoms with van der Waals surface area (Å²) in [5.74, 6) is 0.649. The average molecular weight is 312 g/mol. The molecule has 0 radical (unpaired) electrons. The minimum atomic E-state index is 0.0578. The maximum atomic E-state index is 12.2. The number of carbonyl (C=O) groups is 1. The Bertz CT molecular complexity index is 633. The molecule has 23 heavy (non-hydrogen) atoms. The van der Waals surface area contributed by atoms with Crippen molar-refractivity contribution in [2.24, 2.45) is 5.92 Å². The number of nitrogens with one attached hydrogen (secondary N) is 2. The molecule has 122 valence electrons. The van der Waals surface area contributed by atoms with E-state index in [1.165, 1.54) is 18.4 Å². The normalized spacial score (nSPS) is 15.3. The Kier molecular flexibility index (Phi) is 5.08. The predicted molar refractivity (Wildman–Crippen MR) is 89.9 cm³/mol. The summed E-state index contributed by atoms with van der Waals surface area (Å²) in [4.78, 5) is 12.2. The number of hydrogen-bond acceptors (Lipinski definition) is 3. The fraction of sp³-hybridized carbons (Fsp3) is 0.444. The first-order valence-corrected chi connectivity index (χ1v) is 8.26. The highest BCUT2D eigenvalue weighted by Gasteiger charge is 2.33. The van der Waals surface area contributed by atoms with Gasteiger partial charge in [-0.15, -0.1) is 0 Å². The molecule has 1 aliphatic rings. The molecule has 1 heterocycles. The maximum absolute atomic E-state index is 12.2. The Balaban J connectivity index is 1.42. The van der Waals surface area contributed by atoms with Crippen molar-refractivity contribution < 1.29 is 4.79 Å². The molecule has 0 spiro atoms. The summed E-state index contributed by atoms with van der Waals surface area (Å²) in [6, 6.07) is 10.4. The van der Waals surface area contributed by atoms with Crippen molar-refractivity contribution in [2.75, 3.05) is 13.1 Å². The van der Waals surface area contributed by atoms with Crippen LogP contribution in [-0.4, -0.2) is 28.8 Å². The largest absolute Gasteiger partial charge is 0.348 e. The first-order valence-electron chi connectivity index (χ1n) is 8.26. The third-order valence-corrected chi connectivity index (χ3v) is 4.13. The zero-order chi connectivity index (χ0) is 16.1. The molecule has 2 N–H and O–H groups in total. The summed E-state index contributed by atoms with van der Waals surface area (Å²) in [6.45, 7) is 3.86. The standard InChI is InChI=1S/C18H24N4O/c1-14-11-20-22(13-14)10-9-19-12-17(23)21-18(16-7-8-16)15-5-3-2-4-6-15/h2-6,11,13,16,18-19H,7-10,12H2,1H3,(H,21,23)/t18-/m1/s1. The average Bonchev–Trinajstić information content (AvgIpc) is 3.32. The summed E-state index contributed by atoms with van der Waals surface area (Å²) >= 11 is 0. The first kappa shape index (κ1) is 15.7. The second-order valence-electron chi connectivity index (χ2n) is 6.25. The molecule has 5 heteroatoms. The van der Waals surface area contributed by atoms with Crippen LogP contribution in [0.15, 0.2) is 42.7 Å². The van der Waals surface area contributed by atoms with Gasteiger partial charge < -0.3 is 10.6 Å². The van der Waals surface area contributed by atoms with E-state index in [1.54, 1.807) is 0 Å². The van der Waals surface area contributed by atoms with Crippen molar-refractivity contribution in [1.82, 2.24) is 20.4 Å². The van der Waals surface area contributed by atoms with Crippen LogP contribution in [0.3, 0.4) is 0 Å². The topological polar surface area (TPSA) is 59.0 Å².